The predicted octanol–water partition coefficient (Wildman–Crippen LogP) is 3.75. The van der Waals surface area contributed by atoms with Crippen molar-refractivity contribution in [3.05, 3.63) is 47.5 Å². The maximum Gasteiger partial charge on any atom is 0.123 e. The zero-order chi connectivity index (χ0) is 16.8. The lowest BCUT2D eigenvalue weighted by atomic mass is 10.1. The van der Waals surface area contributed by atoms with Crippen molar-refractivity contribution in [3.8, 4) is 11.8 Å². The summed E-state index contributed by atoms with van der Waals surface area (Å²) in [6, 6.07) is 9.79. The SMILES string of the molecule is CC(C)CCc1c(N)cc(C#N)n1CCOc1ccc(F)cc1. The monoisotopic (exact) mass is 315 g/mol. The van der Waals surface area contributed by atoms with Crippen molar-refractivity contribution >= 4 is 5.69 Å². The quantitative estimate of drug-likeness (QED) is 0.846. The lowest BCUT2D eigenvalue weighted by Crippen LogP contribution is -2.13. The van der Waals surface area contributed by atoms with Crippen LogP contribution in [0.5, 0.6) is 5.75 Å². The molecule has 0 aliphatic carbocycles. The number of hydrogen-bond acceptors (Lipinski definition) is 3. The first-order valence-electron chi connectivity index (χ1n) is 7.77. The summed E-state index contributed by atoms with van der Waals surface area (Å²) in [4.78, 5) is 0. The molecule has 1 aromatic heterocycles. The number of nitrogens with two attached hydrogens (primary N) is 1. The van der Waals surface area contributed by atoms with E-state index in [1.807, 2.05) is 4.57 Å². The molecule has 0 spiro atoms. The van der Waals surface area contributed by atoms with Crippen molar-refractivity contribution in [2.24, 2.45) is 5.92 Å². The second kappa shape index (κ2) is 7.68. The highest BCUT2D eigenvalue weighted by Gasteiger charge is 2.13. The van der Waals surface area contributed by atoms with Crippen LogP contribution in [0, 0.1) is 23.1 Å². The number of benzene rings is 1. The van der Waals surface area contributed by atoms with Gasteiger partial charge in [-0.15, -0.1) is 0 Å². The normalized spacial score (nSPS) is 10.7. The Labute approximate surface area is 136 Å². The lowest BCUT2D eigenvalue weighted by molar-refractivity contribution is 0.295. The minimum atomic E-state index is -0.293. The van der Waals surface area contributed by atoms with Gasteiger partial charge in [0.2, 0.25) is 0 Å². The van der Waals surface area contributed by atoms with Crippen LogP contribution in [-0.4, -0.2) is 11.2 Å². The van der Waals surface area contributed by atoms with Gasteiger partial charge in [-0.05, 0) is 49.1 Å². The molecule has 122 valence electrons. The van der Waals surface area contributed by atoms with Crippen LogP contribution in [0.2, 0.25) is 0 Å². The Morgan fingerprint density at radius 1 is 1.30 bits per heavy atom. The molecule has 2 aromatic rings. The summed E-state index contributed by atoms with van der Waals surface area (Å²) in [7, 11) is 0. The molecular formula is C18H22FN3O. The molecule has 0 unspecified atom stereocenters. The third-order valence-corrected chi connectivity index (χ3v) is 3.71. The topological polar surface area (TPSA) is 64.0 Å². The number of nitrogens with zero attached hydrogens (tertiary/aromatic N) is 2. The lowest BCUT2D eigenvalue weighted by Gasteiger charge is -2.13. The molecule has 23 heavy (non-hydrogen) atoms. The summed E-state index contributed by atoms with van der Waals surface area (Å²) in [6.45, 7) is 5.24. The summed E-state index contributed by atoms with van der Waals surface area (Å²) in [6.07, 6.45) is 1.85. The number of hydrogen-bond donors (Lipinski definition) is 1. The van der Waals surface area contributed by atoms with Crippen LogP contribution < -0.4 is 10.5 Å². The van der Waals surface area contributed by atoms with E-state index in [0.29, 0.717) is 36.2 Å². The fraction of sp³-hybridized carbons (Fsp3) is 0.389. The van der Waals surface area contributed by atoms with E-state index in [-0.39, 0.29) is 5.82 Å². The maximum atomic E-state index is 12.9. The second-order valence-electron chi connectivity index (χ2n) is 5.93. The molecule has 5 heteroatoms. The van der Waals surface area contributed by atoms with Gasteiger partial charge >= 0.3 is 0 Å². The summed E-state index contributed by atoms with van der Waals surface area (Å²) >= 11 is 0. The molecule has 0 bridgehead atoms. The highest BCUT2D eigenvalue weighted by molar-refractivity contribution is 5.50. The van der Waals surface area contributed by atoms with Crippen molar-refractivity contribution in [3.63, 3.8) is 0 Å². The number of halogens is 1. The van der Waals surface area contributed by atoms with Gasteiger partial charge in [0.05, 0.1) is 12.2 Å². The third-order valence-electron chi connectivity index (χ3n) is 3.71. The Bertz CT molecular complexity index is 684. The highest BCUT2D eigenvalue weighted by atomic mass is 19.1. The molecule has 0 aliphatic rings. The Balaban J connectivity index is 2.05. The molecule has 0 amide bonds. The first kappa shape index (κ1) is 16.9. The van der Waals surface area contributed by atoms with Gasteiger partial charge in [-0.3, -0.25) is 0 Å². The molecule has 2 N–H and O–H groups in total. The number of nitrogen functional groups attached to an aromatic ring is 1. The van der Waals surface area contributed by atoms with Crippen LogP contribution in [0.15, 0.2) is 30.3 Å². The molecule has 4 nitrogen and oxygen atoms in total. The number of rotatable bonds is 7. The summed E-state index contributed by atoms with van der Waals surface area (Å²) in [5.41, 5.74) is 8.24. The number of nitriles is 1. The van der Waals surface area contributed by atoms with Gasteiger partial charge in [-0.25, -0.2) is 4.39 Å². The maximum absolute atomic E-state index is 12.9. The van der Waals surface area contributed by atoms with Crippen molar-refractivity contribution in [1.82, 2.24) is 4.57 Å². The van der Waals surface area contributed by atoms with E-state index in [9.17, 15) is 9.65 Å². The number of ether oxygens (including phenoxy) is 1. The van der Waals surface area contributed by atoms with Crippen LogP contribution >= 0.6 is 0 Å². The minimum Gasteiger partial charge on any atom is -0.492 e. The van der Waals surface area contributed by atoms with Gasteiger partial charge in [0.1, 0.15) is 29.9 Å². The average molecular weight is 315 g/mol. The van der Waals surface area contributed by atoms with E-state index in [4.69, 9.17) is 10.5 Å². The molecule has 2 rings (SSSR count). The molecule has 0 saturated carbocycles. The first-order chi connectivity index (χ1) is 11.0. The van der Waals surface area contributed by atoms with Gasteiger partial charge in [0.15, 0.2) is 0 Å². The Hall–Kier alpha value is -2.48. The molecule has 0 radical (unpaired) electrons. The standard InChI is InChI=1S/C18H22FN3O/c1-13(2)3-8-18-17(21)11-15(12-20)22(18)9-10-23-16-6-4-14(19)5-7-16/h4-7,11,13H,3,8-10,21H2,1-2H3. The summed E-state index contributed by atoms with van der Waals surface area (Å²) < 4.78 is 20.4. The minimum absolute atomic E-state index is 0.293. The zero-order valence-corrected chi connectivity index (χ0v) is 13.6. The van der Waals surface area contributed by atoms with E-state index >= 15 is 0 Å². The van der Waals surface area contributed by atoms with Crippen molar-refractivity contribution in [2.75, 3.05) is 12.3 Å². The Morgan fingerprint density at radius 2 is 2.00 bits per heavy atom. The summed E-state index contributed by atoms with van der Waals surface area (Å²) in [5.74, 6) is 0.880. The van der Waals surface area contributed by atoms with Crippen molar-refractivity contribution < 1.29 is 9.13 Å². The number of anilines is 1. The van der Waals surface area contributed by atoms with Crippen LogP contribution in [0.1, 0.15) is 31.7 Å². The Kier molecular flexibility index (Phi) is 5.64. The van der Waals surface area contributed by atoms with Crippen LogP contribution in [0.3, 0.4) is 0 Å². The fourth-order valence-corrected chi connectivity index (χ4v) is 2.45. The molecule has 0 aliphatic heterocycles. The number of aromatic nitrogens is 1. The first-order valence-corrected chi connectivity index (χ1v) is 7.77. The molecule has 0 fully saturated rings. The highest BCUT2D eigenvalue weighted by Crippen LogP contribution is 2.21. The van der Waals surface area contributed by atoms with Crippen LogP contribution in [0.25, 0.3) is 0 Å². The van der Waals surface area contributed by atoms with Gasteiger partial charge in [-0.1, -0.05) is 13.8 Å². The van der Waals surface area contributed by atoms with Gasteiger partial charge < -0.3 is 15.0 Å². The zero-order valence-electron chi connectivity index (χ0n) is 13.6. The average Bonchev–Trinajstić information content (AvgIpc) is 2.82. The van der Waals surface area contributed by atoms with Gasteiger partial charge in [0.25, 0.3) is 0 Å². The van der Waals surface area contributed by atoms with E-state index in [1.165, 1.54) is 12.1 Å². The van der Waals surface area contributed by atoms with E-state index < -0.39 is 0 Å². The third kappa shape index (κ3) is 4.49. The van der Waals surface area contributed by atoms with Crippen LogP contribution in [0.4, 0.5) is 10.1 Å². The molecule has 0 saturated heterocycles. The van der Waals surface area contributed by atoms with Crippen LogP contribution in [-0.2, 0) is 13.0 Å². The fourth-order valence-electron chi connectivity index (χ4n) is 2.45. The predicted molar refractivity (Wildman–Crippen MR) is 88.6 cm³/mol. The molecule has 0 atom stereocenters. The van der Waals surface area contributed by atoms with Gasteiger partial charge in [-0.2, -0.15) is 5.26 Å². The van der Waals surface area contributed by atoms with Gasteiger partial charge in [0, 0.05) is 5.69 Å². The van der Waals surface area contributed by atoms with Crippen molar-refractivity contribution in [2.45, 2.75) is 33.2 Å². The van der Waals surface area contributed by atoms with E-state index in [0.717, 1.165) is 18.5 Å². The largest absolute Gasteiger partial charge is 0.492 e. The van der Waals surface area contributed by atoms with E-state index in [1.54, 1.807) is 18.2 Å². The second-order valence-corrected chi connectivity index (χ2v) is 5.93. The summed E-state index contributed by atoms with van der Waals surface area (Å²) in [5, 5.41) is 9.27. The molecular weight excluding hydrogens is 293 g/mol. The molecule has 1 heterocycles. The van der Waals surface area contributed by atoms with Crippen molar-refractivity contribution in [1.29, 1.82) is 5.26 Å². The van der Waals surface area contributed by atoms with E-state index in [2.05, 4.69) is 19.9 Å². The smallest absolute Gasteiger partial charge is 0.123 e. The molecule has 1 aromatic carbocycles. The Morgan fingerprint density at radius 3 is 2.61 bits per heavy atom.